The molecule has 0 bridgehead atoms. The monoisotopic (exact) mass is 388 g/mol. The second-order valence-electron chi connectivity index (χ2n) is 4.56. The third-order valence-electron chi connectivity index (χ3n) is 2.91. The highest BCUT2D eigenvalue weighted by Gasteiger charge is 2.14. The van der Waals surface area contributed by atoms with Crippen molar-refractivity contribution in [1.82, 2.24) is 4.83 Å². The molecule has 2 aromatic rings. The van der Waals surface area contributed by atoms with Gasteiger partial charge in [-0.2, -0.15) is 13.5 Å². The maximum Gasteiger partial charge on any atom is 0.276 e. The van der Waals surface area contributed by atoms with Gasteiger partial charge in [-0.15, -0.1) is 0 Å². The number of benzene rings is 2. The van der Waals surface area contributed by atoms with Crippen LogP contribution in [-0.2, 0) is 10.0 Å². The van der Waals surface area contributed by atoms with Gasteiger partial charge in [0.15, 0.2) is 11.5 Å². The lowest BCUT2D eigenvalue weighted by Crippen LogP contribution is -2.18. The molecule has 9 heteroatoms. The summed E-state index contributed by atoms with van der Waals surface area (Å²) in [5.41, 5.74) is 0.304. The van der Waals surface area contributed by atoms with Crippen LogP contribution in [0, 0.1) is 0 Å². The van der Waals surface area contributed by atoms with Crippen molar-refractivity contribution in [3.63, 3.8) is 0 Å². The third kappa shape index (κ3) is 4.31. The van der Waals surface area contributed by atoms with E-state index < -0.39 is 10.0 Å². The van der Waals surface area contributed by atoms with Crippen molar-refractivity contribution in [2.75, 3.05) is 6.61 Å². The summed E-state index contributed by atoms with van der Waals surface area (Å²) in [5.74, 6) is 0.158. The van der Waals surface area contributed by atoms with E-state index in [0.29, 0.717) is 12.2 Å². The number of phenolic OH excluding ortho intramolecular Hbond substituents is 1. The third-order valence-corrected chi connectivity index (χ3v) is 4.87. The SMILES string of the molecule is CCOc1cccc(/C=N/NS(=O)(=O)c2ccc(Cl)c(Cl)c2)c1O. The van der Waals surface area contributed by atoms with Gasteiger partial charge in [0.2, 0.25) is 0 Å². The van der Waals surface area contributed by atoms with Crippen LogP contribution in [0.1, 0.15) is 12.5 Å². The van der Waals surface area contributed by atoms with E-state index in [1.54, 1.807) is 25.1 Å². The fourth-order valence-electron chi connectivity index (χ4n) is 1.78. The van der Waals surface area contributed by atoms with Crippen LogP contribution in [0.3, 0.4) is 0 Å². The molecule has 0 fully saturated rings. The molecule has 0 aliphatic rings. The summed E-state index contributed by atoms with van der Waals surface area (Å²) in [6.07, 6.45) is 1.17. The molecule has 2 rings (SSSR count). The maximum atomic E-state index is 12.1. The van der Waals surface area contributed by atoms with Gasteiger partial charge in [-0.05, 0) is 37.3 Å². The molecule has 6 nitrogen and oxygen atoms in total. The van der Waals surface area contributed by atoms with Crippen LogP contribution in [0.5, 0.6) is 11.5 Å². The molecule has 0 atom stereocenters. The van der Waals surface area contributed by atoms with Gasteiger partial charge in [0.1, 0.15) is 0 Å². The largest absolute Gasteiger partial charge is 0.504 e. The van der Waals surface area contributed by atoms with Gasteiger partial charge in [-0.3, -0.25) is 0 Å². The molecule has 0 aromatic heterocycles. The molecular formula is C15H14Cl2N2O4S. The molecule has 24 heavy (non-hydrogen) atoms. The molecular weight excluding hydrogens is 375 g/mol. The summed E-state index contributed by atoms with van der Waals surface area (Å²) >= 11 is 11.6. The van der Waals surface area contributed by atoms with Crippen LogP contribution in [0.4, 0.5) is 0 Å². The van der Waals surface area contributed by atoms with Crippen LogP contribution in [0.25, 0.3) is 0 Å². The number of halogens is 2. The van der Waals surface area contributed by atoms with Crippen molar-refractivity contribution >= 4 is 39.4 Å². The highest BCUT2D eigenvalue weighted by atomic mass is 35.5. The van der Waals surface area contributed by atoms with E-state index in [1.807, 2.05) is 4.83 Å². The van der Waals surface area contributed by atoms with E-state index in [2.05, 4.69) is 5.10 Å². The van der Waals surface area contributed by atoms with Gasteiger partial charge in [0, 0.05) is 5.56 Å². The number of sulfonamides is 1. The van der Waals surface area contributed by atoms with Gasteiger partial charge < -0.3 is 9.84 Å². The molecule has 0 amide bonds. The second-order valence-corrected chi connectivity index (χ2v) is 7.03. The summed E-state index contributed by atoms with van der Waals surface area (Å²) in [4.78, 5) is 1.96. The Morgan fingerprint density at radius 3 is 2.67 bits per heavy atom. The summed E-state index contributed by atoms with van der Waals surface area (Å²) in [6, 6.07) is 8.71. The number of aromatic hydroxyl groups is 1. The molecule has 0 aliphatic carbocycles. The topological polar surface area (TPSA) is 88.0 Å². The first-order chi connectivity index (χ1) is 11.3. The predicted octanol–water partition coefficient (Wildman–Crippen LogP) is 3.41. The van der Waals surface area contributed by atoms with Crippen LogP contribution in [0.2, 0.25) is 10.0 Å². The Bertz CT molecular complexity index is 870. The van der Waals surface area contributed by atoms with Crippen molar-refractivity contribution in [3.05, 3.63) is 52.0 Å². The van der Waals surface area contributed by atoms with Crippen LogP contribution >= 0.6 is 23.2 Å². The number of hydrogen-bond donors (Lipinski definition) is 2. The highest BCUT2D eigenvalue weighted by Crippen LogP contribution is 2.28. The Morgan fingerprint density at radius 2 is 2.00 bits per heavy atom. The standard InChI is InChI=1S/C15H14Cl2N2O4S/c1-2-23-14-5-3-4-10(15(14)20)9-18-19-24(21,22)11-6-7-12(16)13(17)8-11/h3-9,19-20H,2H2,1H3/b18-9+. The van der Waals surface area contributed by atoms with Gasteiger partial charge >= 0.3 is 0 Å². The van der Waals surface area contributed by atoms with Crippen LogP contribution in [-0.4, -0.2) is 26.3 Å². The lowest BCUT2D eigenvalue weighted by atomic mass is 10.2. The molecule has 0 aliphatic heterocycles. The maximum absolute atomic E-state index is 12.1. The van der Waals surface area contributed by atoms with Crippen molar-refractivity contribution in [3.8, 4) is 11.5 Å². The van der Waals surface area contributed by atoms with E-state index in [1.165, 1.54) is 24.4 Å². The van der Waals surface area contributed by atoms with E-state index in [-0.39, 0.29) is 26.4 Å². The Labute approximate surface area is 149 Å². The van der Waals surface area contributed by atoms with Crippen molar-refractivity contribution in [2.45, 2.75) is 11.8 Å². The summed E-state index contributed by atoms with van der Waals surface area (Å²) < 4.78 is 29.5. The average Bonchev–Trinajstić information content (AvgIpc) is 2.53. The van der Waals surface area contributed by atoms with E-state index in [9.17, 15) is 13.5 Å². The number of para-hydroxylation sites is 1. The first kappa shape index (κ1) is 18.4. The number of nitrogens with one attached hydrogen (secondary N) is 1. The fourth-order valence-corrected chi connectivity index (χ4v) is 2.96. The Hall–Kier alpha value is -1.96. The van der Waals surface area contributed by atoms with E-state index in [4.69, 9.17) is 27.9 Å². The second kappa shape index (κ2) is 7.74. The average molecular weight is 389 g/mol. The highest BCUT2D eigenvalue weighted by molar-refractivity contribution is 7.89. The minimum atomic E-state index is -3.91. The smallest absolute Gasteiger partial charge is 0.276 e. The number of nitrogens with zero attached hydrogens (tertiary/aromatic N) is 1. The molecule has 0 spiro atoms. The molecule has 0 unspecified atom stereocenters. The van der Waals surface area contributed by atoms with Gasteiger partial charge in [0.05, 0.1) is 27.8 Å². The lowest BCUT2D eigenvalue weighted by Gasteiger charge is -2.07. The van der Waals surface area contributed by atoms with Crippen molar-refractivity contribution < 1.29 is 18.3 Å². The van der Waals surface area contributed by atoms with Gasteiger partial charge in [0.25, 0.3) is 10.0 Å². The number of hydrogen-bond acceptors (Lipinski definition) is 5. The zero-order valence-corrected chi connectivity index (χ0v) is 14.9. The predicted molar refractivity (Wildman–Crippen MR) is 93.7 cm³/mol. The Kier molecular flexibility index (Phi) is 5.93. The first-order valence-electron chi connectivity index (χ1n) is 6.80. The summed E-state index contributed by atoms with van der Waals surface area (Å²) in [7, 11) is -3.91. The number of rotatable bonds is 6. The summed E-state index contributed by atoms with van der Waals surface area (Å²) in [5, 5.41) is 14.0. The lowest BCUT2D eigenvalue weighted by molar-refractivity contribution is 0.318. The first-order valence-corrected chi connectivity index (χ1v) is 9.03. The molecule has 128 valence electrons. The molecule has 2 aromatic carbocycles. The van der Waals surface area contributed by atoms with Crippen molar-refractivity contribution in [2.24, 2.45) is 5.10 Å². The normalized spacial score (nSPS) is 11.6. The van der Waals surface area contributed by atoms with Gasteiger partial charge in [-0.25, -0.2) is 4.83 Å². The van der Waals surface area contributed by atoms with Crippen LogP contribution in [0.15, 0.2) is 46.4 Å². The van der Waals surface area contributed by atoms with Gasteiger partial charge in [-0.1, -0.05) is 29.3 Å². The van der Waals surface area contributed by atoms with E-state index in [0.717, 1.165) is 0 Å². The minimum absolute atomic E-state index is 0.0821. The Morgan fingerprint density at radius 1 is 1.25 bits per heavy atom. The Balaban J connectivity index is 2.19. The minimum Gasteiger partial charge on any atom is -0.504 e. The molecule has 0 radical (unpaired) electrons. The number of phenols is 1. The number of ether oxygens (including phenoxy) is 1. The zero-order chi connectivity index (χ0) is 17.7. The molecule has 0 saturated carbocycles. The summed E-state index contributed by atoms with van der Waals surface area (Å²) in [6.45, 7) is 2.17. The van der Waals surface area contributed by atoms with Crippen LogP contribution < -0.4 is 9.57 Å². The molecule has 0 heterocycles. The molecule has 0 saturated heterocycles. The quantitative estimate of drug-likeness (QED) is 0.586. The zero-order valence-electron chi connectivity index (χ0n) is 12.5. The molecule has 2 N–H and O–H groups in total. The fraction of sp³-hybridized carbons (Fsp3) is 0.133. The van der Waals surface area contributed by atoms with E-state index >= 15 is 0 Å². The number of hydrazone groups is 1. The van der Waals surface area contributed by atoms with Crippen molar-refractivity contribution in [1.29, 1.82) is 0 Å².